The second kappa shape index (κ2) is 16.3. The molecule has 48 heavy (non-hydrogen) atoms. The lowest BCUT2D eigenvalue weighted by Crippen LogP contribution is -2.41. The van der Waals surface area contributed by atoms with Crippen molar-refractivity contribution in [3.05, 3.63) is 120 Å². The SMILES string of the molecule is C=CCN1CC(c2ccc(N)cc2F)CCS1(=O)=O.C=CCN1CC(c2ccc(NC(=O)OCc3ccccc3)cc2F)CCS1(=O)=O. The molecule has 0 radical (unpaired) electrons. The minimum Gasteiger partial charge on any atom is -0.444 e. The third kappa shape index (κ3) is 9.72. The number of halogens is 2. The number of hydrogen-bond donors (Lipinski definition) is 2. The lowest BCUT2D eigenvalue weighted by Gasteiger charge is -2.31. The molecule has 1 amide bonds. The smallest absolute Gasteiger partial charge is 0.411 e. The number of benzene rings is 3. The van der Waals surface area contributed by atoms with Crippen LogP contribution in [0.25, 0.3) is 0 Å². The van der Waals surface area contributed by atoms with E-state index in [-0.39, 0.29) is 67.6 Å². The first kappa shape index (κ1) is 36.7. The molecule has 0 bridgehead atoms. The van der Waals surface area contributed by atoms with Crippen LogP contribution in [0, 0.1) is 11.6 Å². The van der Waals surface area contributed by atoms with Crippen LogP contribution in [0.5, 0.6) is 0 Å². The zero-order valence-corrected chi connectivity index (χ0v) is 28.1. The van der Waals surface area contributed by atoms with Crippen molar-refractivity contribution in [3.8, 4) is 0 Å². The highest BCUT2D eigenvalue weighted by molar-refractivity contribution is 7.89. The Hall–Kier alpha value is -4.11. The number of nitrogens with two attached hydrogens (primary N) is 1. The third-order valence-electron chi connectivity index (χ3n) is 8.11. The summed E-state index contributed by atoms with van der Waals surface area (Å²) >= 11 is 0. The van der Waals surface area contributed by atoms with Gasteiger partial charge in [-0.1, -0.05) is 54.6 Å². The van der Waals surface area contributed by atoms with Crippen LogP contribution in [-0.2, 0) is 31.4 Å². The van der Waals surface area contributed by atoms with Gasteiger partial charge < -0.3 is 10.5 Å². The molecule has 2 aliphatic rings. The lowest BCUT2D eigenvalue weighted by molar-refractivity contribution is 0.155. The van der Waals surface area contributed by atoms with Crippen LogP contribution < -0.4 is 11.1 Å². The van der Waals surface area contributed by atoms with Crippen molar-refractivity contribution in [2.24, 2.45) is 0 Å². The minimum absolute atomic E-state index is 0.0310. The maximum atomic E-state index is 14.7. The molecule has 0 spiro atoms. The molecule has 14 heteroatoms. The molecule has 2 aliphatic heterocycles. The summed E-state index contributed by atoms with van der Waals surface area (Å²) in [7, 11) is -6.56. The van der Waals surface area contributed by atoms with Gasteiger partial charge in [-0.05, 0) is 53.8 Å². The van der Waals surface area contributed by atoms with Crippen molar-refractivity contribution in [2.45, 2.75) is 31.3 Å². The molecule has 0 saturated carbocycles. The highest BCUT2D eigenvalue weighted by Gasteiger charge is 2.34. The average Bonchev–Trinajstić information content (AvgIpc) is 3.04. The standard InChI is InChI=1S/C21H23FN2O4S.C13H17FN2O2S/c1-2-11-24-14-17(10-12-29(24,26)27)19-9-8-18(13-20(19)22)23-21(25)28-15-16-6-4-3-5-7-16;1-2-6-16-9-10(5-7-19(16,17)18)12-4-3-11(15)8-13(12)14/h2-9,13,17H,1,10-12,14-15H2,(H,23,25);2-4,8,10H,1,5-7,9,15H2. The van der Waals surface area contributed by atoms with Crippen LogP contribution in [-0.4, -0.2) is 69.2 Å². The van der Waals surface area contributed by atoms with Crippen molar-refractivity contribution in [1.82, 2.24) is 8.61 Å². The Bertz CT molecular complexity index is 1820. The Morgan fingerprint density at radius 2 is 1.35 bits per heavy atom. The van der Waals surface area contributed by atoms with Crippen molar-refractivity contribution >= 4 is 37.5 Å². The molecule has 2 unspecified atom stereocenters. The average molecular weight is 703 g/mol. The number of carbonyl (C=O) groups is 1. The summed E-state index contributed by atoms with van der Waals surface area (Å²) in [4.78, 5) is 11.9. The zero-order chi connectivity index (χ0) is 34.9. The van der Waals surface area contributed by atoms with E-state index in [1.807, 2.05) is 30.3 Å². The summed E-state index contributed by atoms with van der Waals surface area (Å²) in [5, 5.41) is 2.50. The molecule has 0 aliphatic carbocycles. The molecule has 5 rings (SSSR count). The first-order chi connectivity index (χ1) is 22.8. The van der Waals surface area contributed by atoms with E-state index in [0.717, 1.165) is 5.56 Å². The predicted octanol–water partition coefficient (Wildman–Crippen LogP) is 5.59. The van der Waals surface area contributed by atoms with Crippen molar-refractivity contribution in [2.75, 3.05) is 48.7 Å². The van der Waals surface area contributed by atoms with Crippen LogP contribution in [0.1, 0.15) is 41.4 Å². The van der Waals surface area contributed by atoms with Gasteiger partial charge in [-0.25, -0.2) is 30.4 Å². The predicted molar refractivity (Wildman–Crippen MR) is 183 cm³/mol. The van der Waals surface area contributed by atoms with E-state index in [4.69, 9.17) is 10.5 Å². The highest BCUT2D eigenvalue weighted by atomic mass is 32.2. The number of sulfonamides is 2. The van der Waals surface area contributed by atoms with Gasteiger partial charge in [0.2, 0.25) is 20.0 Å². The number of nitrogens with one attached hydrogen (secondary N) is 1. The third-order valence-corrected chi connectivity index (χ3v) is 11.8. The second-order valence-corrected chi connectivity index (χ2v) is 15.7. The Labute approximate surface area is 281 Å². The monoisotopic (exact) mass is 702 g/mol. The highest BCUT2D eigenvalue weighted by Crippen LogP contribution is 2.32. The van der Waals surface area contributed by atoms with Gasteiger partial charge in [-0.3, -0.25) is 5.32 Å². The van der Waals surface area contributed by atoms with Crippen molar-refractivity contribution in [1.29, 1.82) is 0 Å². The van der Waals surface area contributed by atoms with E-state index in [0.29, 0.717) is 29.7 Å². The first-order valence-electron chi connectivity index (χ1n) is 15.3. The maximum absolute atomic E-state index is 14.7. The summed E-state index contributed by atoms with van der Waals surface area (Å²) in [6.07, 6.45) is 3.15. The van der Waals surface area contributed by atoms with Gasteiger partial charge in [0.15, 0.2) is 0 Å². The van der Waals surface area contributed by atoms with Crippen molar-refractivity contribution in [3.63, 3.8) is 0 Å². The van der Waals surface area contributed by atoms with E-state index < -0.39 is 32.0 Å². The number of carbonyl (C=O) groups excluding carboxylic acids is 1. The maximum Gasteiger partial charge on any atom is 0.411 e. The molecule has 2 fully saturated rings. The summed E-state index contributed by atoms with van der Waals surface area (Å²) in [5.74, 6) is -1.25. The summed E-state index contributed by atoms with van der Waals surface area (Å²) in [5.41, 5.74) is 7.96. The van der Waals surface area contributed by atoms with Gasteiger partial charge >= 0.3 is 6.09 Å². The number of ether oxygens (including phenoxy) is 1. The van der Waals surface area contributed by atoms with E-state index in [1.54, 1.807) is 30.3 Å². The first-order valence-corrected chi connectivity index (χ1v) is 18.5. The molecule has 3 aromatic carbocycles. The summed E-state index contributed by atoms with van der Waals surface area (Å²) in [6, 6.07) is 18.2. The number of nitrogens with zero attached hydrogens (tertiary/aromatic N) is 2. The quantitative estimate of drug-likeness (QED) is 0.219. The normalized spacial score (nSPS) is 20.5. The van der Waals surface area contributed by atoms with Crippen LogP contribution in [0.15, 0.2) is 92.0 Å². The largest absolute Gasteiger partial charge is 0.444 e. The Morgan fingerprint density at radius 1 is 0.833 bits per heavy atom. The van der Waals surface area contributed by atoms with Crippen LogP contribution in [0.2, 0.25) is 0 Å². The number of hydrogen-bond acceptors (Lipinski definition) is 7. The Kier molecular flexibility index (Phi) is 12.5. The van der Waals surface area contributed by atoms with E-state index in [2.05, 4.69) is 18.5 Å². The number of amides is 1. The van der Waals surface area contributed by atoms with Gasteiger partial charge in [0.05, 0.1) is 11.5 Å². The molecule has 0 aromatic heterocycles. The zero-order valence-electron chi connectivity index (χ0n) is 26.4. The molecular weight excluding hydrogens is 663 g/mol. The van der Waals surface area contributed by atoms with E-state index >= 15 is 0 Å². The number of rotatable bonds is 9. The second-order valence-electron chi connectivity index (χ2n) is 11.5. The van der Waals surface area contributed by atoms with Gasteiger partial charge in [-0.2, -0.15) is 8.61 Å². The van der Waals surface area contributed by atoms with Gasteiger partial charge in [0, 0.05) is 49.4 Å². The van der Waals surface area contributed by atoms with Gasteiger partial charge in [-0.15, -0.1) is 13.2 Å². The van der Waals surface area contributed by atoms with Crippen LogP contribution in [0.3, 0.4) is 0 Å². The lowest BCUT2D eigenvalue weighted by atomic mass is 9.95. The van der Waals surface area contributed by atoms with Gasteiger partial charge in [0.1, 0.15) is 18.2 Å². The molecule has 2 saturated heterocycles. The van der Waals surface area contributed by atoms with Crippen LogP contribution in [0.4, 0.5) is 25.0 Å². The summed E-state index contributed by atoms with van der Waals surface area (Å²) < 4.78 is 84.2. The summed E-state index contributed by atoms with van der Waals surface area (Å²) in [6.45, 7) is 8.20. The Morgan fingerprint density at radius 3 is 1.85 bits per heavy atom. The molecule has 2 atom stereocenters. The molecule has 258 valence electrons. The van der Waals surface area contributed by atoms with E-state index in [9.17, 15) is 30.4 Å². The fourth-order valence-corrected chi connectivity index (χ4v) is 8.76. The topological polar surface area (TPSA) is 139 Å². The minimum atomic E-state index is -3.33. The number of nitrogen functional groups attached to an aromatic ring is 1. The molecule has 2 heterocycles. The molecule has 10 nitrogen and oxygen atoms in total. The molecular formula is C34H40F2N4O6S2. The number of anilines is 2. The fraction of sp³-hybridized carbons (Fsp3) is 0.324. The van der Waals surface area contributed by atoms with Crippen molar-refractivity contribution < 1.29 is 35.1 Å². The fourth-order valence-electron chi connectivity index (χ4n) is 5.60. The van der Waals surface area contributed by atoms with Crippen LogP contribution >= 0.6 is 0 Å². The molecule has 3 N–H and O–H groups in total. The van der Waals surface area contributed by atoms with Gasteiger partial charge in [0.25, 0.3) is 0 Å². The molecule has 3 aromatic rings. The Balaban J connectivity index is 0.000000237. The van der Waals surface area contributed by atoms with E-state index in [1.165, 1.54) is 26.8 Å².